The number of hydrogen-bond acceptors (Lipinski definition) is 1. The molecule has 0 amide bonds. The molecule has 15 heavy (non-hydrogen) atoms. The van der Waals surface area contributed by atoms with E-state index < -0.39 is 0 Å². The molecule has 0 radical (unpaired) electrons. The Hall–Kier alpha value is -0.0400. The van der Waals surface area contributed by atoms with Gasteiger partial charge >= 0.3 is 0 Å². The third kappa shape index (κ3) is 2.38. The first-order chi connectivity index (χ1) is 7.32. The van der Waals surface area contributed by atoms with Gasteiger partial charge in [0.15, 0.2) is 0 Å². The lowest BCUT2D eigenvalue weighted by Crippen LogP contribution is -2.45. The lowest BCUT2D eigenvalue weighted by molar-refractivity contribution is 0.166. The lowest BCUT2D eigenvalue weighted by atomic mass is 9.74. The predicted octanol–water partition coefficient (Wildman–Crippen LogP) is 3.74. The van der Waals surface area contributed by atoms with Crippen LogP contribution in [0.4, 0.5) is 0 Å². The van der Waals surface area contributed by atoms with Crippen LogP contribution in [-0.2, 0) is 0 Å². The molecule has 2 rings (SSSR count). The van der Waals surface area contributed by atoms with Crippen molar-refractivity contribution in [3.05, 3.63) is 0 Å². The maximum Gasteiger partial charge on any atom is 0.0152 e. The van der Waals surface area contributed by atoms with Crippen molar-refractivity contribution in [3.8, 4) is 0 Å². The molecule has 1 N–H and O–H groups in total. The Kier molecular flexibility index (Phi) is 3.71. The van der Waals surface area contributed by atoms with E-state index in [-0.39, 0.29) is 0 Å². The maximum atomic E-state index is 3.87. The van der Waals surface area contributed by atoms with E-state index in [0.29, 0.717) is 5.41 Å². The molecule has 0 aromatic rings. The topological polar surface area (TPSA) is 12.0 Å². The molecule has 1 heteroatoms. The van der Waals surface area contributed by atoms with Gasteiger partial charge in [0.25, 0.3) is 0 Å². The molecular formula is C14H27N. The molecule has 1 unspecified atom stereocenters. The minimum absolute atomic E-state index is 0.677. The van der Waals surface area contributed by atoms with Gasteiger partial charge < -0.3 is 5.32 Å². The molecule has 0 aromatic carbocycles. The van der Waals surface area contributed by atoms with Crippen molar-refractivity contribution >= 4 is 0 Å². The number of rotatable bonds is 6. The molecule has 88 valence electrons. The number of hydrogen-bond donors (Lipinski definition) is 1. The van der Waals surface area contributed by atoms with Gasteiger partial charge in [-0.2, -0.15) is 0 Å². The fourth-order valence-corrected chi connectivity index (χ4v) is 3.58. The minimum Gasteiger partial charge on any atom is -0.313 e. The second-order valence-corrected chi connectivity index (χ2v) is 5.69. The van der Waals surface area contributed by atoms with Gasteiger partial charge in [0, 0.05) is 6.04 Å². The van der Waals surface area contributed by atoms with Crippen molar-refractivity contribution in [1.82, 2.24) is 5.32 Å². The molecule has 0 saturated heterocycles. The van der Waals surface area contributed by atoms with Crippen LogP contribution in [0.2, 0.25) is 0 Å². The summed E-state index contributed by atoms with van der Waals surface area (Å²) < 4.78 is 0. The molecule has 0 heterocycles. The fraction of sp³-hybridized carbons (Fsp3) is 1.00. The Bertz CT molecular complexity index is 190. The lowest BCUT2D eigenvalue weighted by Gasteiger charge is -2.38. The van der Waals surface area contributed by atoms with Crippen LogP contribution < -0.4 is 5.32 Å². The van der Waals surface area contributed by atoms with Gasteiger partial charge in [0.05, 0.1) is 0 Å². The average Bonchev–Trinajstić information content (AvgIpc) is 2.97. The zero-order valence-corrected chi connectivity index (χ0v) is 10.5. The van der Waals surface area contributed by atoms with Gasteiger partial charge in [-0.15, -0.1) is 0 Å². The van der Waals surface area contributed by atoms with Gasteiger partial charge in [-0.1, -0.05) is 26.7 Å². The first-order valence-corrected chi connectivity index (χ1v) is 7.06. The SMILES string of the molecule is CCCNC(C1CC1)C1(CC)CCCC1. The third-order valence-corrected chi connectivity index (χ3v) is 4.67. The summed E-state index contributed by atoms with van der Waals surface area (Å²) >= 11 is 0. The summed E-state index contributed by atoms with van der Waals surface area (Å²) in [5, 5.41) is 3.87. The van der Waals surface area contributed by atoms with Gasteiger partial charge in [-0.25, -0.2) is 0 Å². The third-order valence-electron chi connectivity index (χ3n) is 4.67. The highest BCUT2D eigenvalue weighted by atomic mass is 15.0. The quantitative estimate of drug-likeness (QED) is 0.703. The highest BCUT2D eigenvalue weighted by Crippen LogP contribution is 2.50. The van der Waals surface area contributed by atoms with E-state index in [2.05, 4.69) is 19.2 Å². The van der Waals surface area contributed by atoms with Crippen LogP contribution in [0.15, 0.2) is 0 Å². The number of nitrogens with one attached hydrogen (secondary N) is 1. The van der Waals surface area contributed by atoms with Crippen LogP contribution in [-0.4, -0.2) is 12.6 Å². The molecule has 2 aliphatic carbocycles. The van der Waals surface area contributed by atoms with Gasteiger partial charge in [-0.05, 0) is 56.4 Å². The zero-order chi connectivity index (χ0) is 10.7. The smallest absolute Gasteiger partial charge is 0.0152 e. The van der Waals surface area contributed by atoms with Crippen molar-refractivity contribution in [2.45, 2.75) is 71.3 Å². The Balaban J connectivity index is 2.00. The summed E-state index contributed by atoms with van der Waals surface area (Å²) in [5.41, 5.74) is 0.677. The Morgan fingerprint density at radius 1 is 1.20 bits per heavy atom. The van der Waals surface area contributed by atoms with Crippen molar-refractivity contribution in [2.75, 3.05) is 6.54 Å². The average molecular weight is 209 g/mol. The zero-order valence-electron chi connectivity index (χ0n) is 10.5. The second kappa shape index (κ2) is 4.86. The normalized spacial score (nSPS) is 26.8. The molecule has 0 spiro atoms. The largest absolute Gasteiger partial charge is 0.313 e. The summed E-state index contributed by atoms with van der Waals surface area (Å²) in [4.78, 5) is 0. The molecule has 2 saturated carbocycles. The summed E-state index contributed by atoms with van der Waals surface area (Å²) in [6.45, 7) is 5.92. The summed E-state index contributed by atoms with van der Waals surface area (Å²) in [5.74, 6) is 1.02. The van der Waals surface area contributed by atoms with E-state index >= 15 is 0 Å². The molecule has 2 aliphatic rings. The van der Waals surface area contributed by atoms with Gasteiger partial charge in [0.1, 0.15) is 0 Å². The highest BCUT2D eigenvalue weighted by molar-refractivity contribution is 5.01. The van der Waals surface area contributed by atoms with Crippen LogP contribution in [0.1, 0.15) is 65.2 Å². The molecule has 0 bridgehead atoms. The summed E-state index contributed by atoms with van der Waals surface area (Å²) in [6.07, 6.45) is 11.6. The van der Waals surface area contributed by atoms with E-state index in [1.54, 1.807) is 0 Å². The van der Waals surface area contributed by atoms with Crippen molar-refractivity contribution in [3.63, 3.8) is 0 Å². The van der Waals surface area contributed by atoms with Crippen LogP contribution in [0.3, 0.4) is 0 Å². The molecule has 0 aliphatic heterocycles. The monoisotopic (exact) mass is 209 g/mol. The standard InChI is InChI=1S/C14H27N/c1-3-11-15-13(12-7-8-12)14(4-2)9-5-6-10-14/h12-13,15H,3-11H2,1-2H3. The fourth-order valence-electron chi connectivity index (χ4n) is 3.58. The van der Waals surface area contributed by atoms with Crippen molar-refractivity contribution in [1.29, 1.82) is 0 Å². The Labute approximate surface area is 95.0 Å². The highest BCUT2D eigenvalue weighted by Gasteiger charge is 2.46. The second-order valence-electron chi connectivity index (χ2n) is 5.69. The molecule has 0 aromatic heterocycles. The van der Waals surface area contributed by atoms with E-state index in [1.807, 2.05) is 0 Å². The van der Waals surface area contributed by atoms with E-state index in [4.69, 9.17) is 0 Å². The first kappa shape index (κ1) is 11.4. The van der Waals surface area contributed by atoms with E-state index in [0.717, 1.165) is 12.0 Å². The van der Waals surface area contributed by atoms with Crippen LogP contribution >= 0.6 is 0 Å². The Morgan fingerprint density at radius 3 is 2.33 bits per heavy atom. The first-order valence-electron chi connectivity index (χ1n) is 7.06. The van der Waals surface area contributed by atoms with Crippen molar-refractivity contribution < 1.29 is 0 Å². The summed E-state index contributed by atoms with van der Waals surface area (Å²) in [6, 6.07) is 0.852. The van der Waals surface area contributed by atoms with E-state index in [9.17, 15) is 0 Å². The van der Waals surface area contributed by atoms with Gasteiger partial charge in [-0.3, -0.25) is 0 Å². The summed E-state index contributed by atoms with van der Waals surface area (Å²) in [7, 11) is 0. The molecular weight excluding hydrogens is 182 g/mol. The van der Waals surface area contributed by atoms with Crippen LogP contribution in [0.25, 0.3) is 0 Å². The molecule has 1 atom stereocenters. The van der Waals surface area contributed by atoms with Gasteiger partial charge in [0.2, 0.25) is 0 Å². The van der Waals surface area contributed by atoms with Crippen LogP contribution in [0.5, 0.6) is 0 Å². The van der Waals surface area contributed by atoms with E-state index in [1.165, 1.54) is 57.9 Å². The molecule has 1 nitrogen and oxygen atoms in total. The Morgan fingerprint density at radius 2 is 1.87 bits per heavy atom. The molecule has 2 fully saturated rings. The van der Waals surface area contributed by atoms with Crippen molar-refractivity contribution in [2.24, 2.45) is 11.3 Å². The van der Waals surface area contributed by atoms with Crippen LogP contribution in [0, 0.1) is 11.3 Å². The maximum absolute atomic E-state index is 3.87. The predicted molar refractivity (Wildman–Crippen MR) is 66.0 cm³/mol. The minimum atomic E-state index is 0.677.